The predicted octanol–water partition coefficient (Wildman–Crippen LogP) is 2.52. The third-order valence-electron chi connectivity index (χ3n) is 1.64. The molecule has 0 amide bonds. The summed E-state index contributed by atoms with van der Waals surface area (Å²) in [7, 11) is 0. The molecule has 0 atom stereocenters. The molecule has 74 valence electrons. The van der Waals surface area contributed by atoms with Crippen molar-refractivity contribution in [1.82, 2.24) is 0 Å². The van der Waals surface area contributed by atoms with Crippen LogP contribution < -0.4 is 5.73 Å². The van der Waals surface area contributed by atoms with Crippen LogP contribution in [-0.4, -0.2) is 11.1 Å². The summed E-state index contributed by atoms with van der Waals surface area (Å²) >= 11 is 3.31. The van der Waals surface area contributed by atoms with Gasteiger partial charge in [-0.05, 0) is 23.8 Å². The average Bonchev–Trinajstić information content (AvgIpc) is 2.10. The molecular weight excluding hydrogens is 246 g/mol. The molecule has 3 nitrogen and oxygen atoms in total. The zero-order chi connectivity index (χ0) is 10.6. The van der Waals surface area contributed by atoms with Gasteiger partial charge in [-0.25, -0.2) is 0 Å². The summed E-state index contributed by atoms with van der Waals surface area (Å²) in [5.74, 6) is -0.852. The molecule has 0 aliphatic rings. The lowest BCUT2D eigenvalue weighted by atomic mass is 10.1. The highest BCUT2D eigenvalue weighted by molar-refractivity contribution is 9.10. The van der Waals surface area contributed by atoms with Crippen molar-refractivity contribution in [1.29, 1.82) is 0 Å². The summed E-state index contributed by atoms with van der Waals surface area (Å²) in [6.07, 6.45) is 3.28. The number of hydrogen-bond donors (Lipinski definition) is 2. The standard InChI is InChI=1S/C10H10BrNO2/c11-8-4-5-9(12)7(6-8)2-1-3-10(13)14/h1-2,4-6H,3,12H2,(H,13,14). The van der Waals surface area contributed by atoms with Crippen molar-refractivity contribution in [2.75, 3.05) is 5.73 Å². The maximum absolute atomic E-state index is 10.2. The summed E-state index contributed by atoms with van der Waals surface area (Å²) in [5, 5.41) is 8.42. The van der Waals surface area contributed by atoms with E-state index in [9.17, 15) is 4.79 Å². The summed E-state index contributed by atoms with van der Waals surface area (Å²) in [5.41, 5.74) is 7.14. The Morgan fingerprint density at radius 1 is 1.57 bits per heavy atom. The highest BCUT2D eigenvalue weighted by Gasteiger charge is 1.96. The van der Waals surface area contributed by atoms with Gasteiger partial charge < -0.3 is 10.8 Å². The van der Waals surface area contributed by atoms with Crippen LogP contribution in [0.25, 0.3) is 6.08 Å². The Morgan fingerprint density at radius 3 is 2.93 bits per heavy atom. The summed E-state index contributed by atoms with van der Waals surface area (Å²) < 4.78 is 0.918. The van der Waals surface area contributed by atoms with Crippen LogP contribution in [0.3, 0.4) is 0 Å². The first-order valence-electron chi connectivity index (χ1n) is 4.03. The van der Waals surface area contributed by atoms with E-state index in [1.54, 1.807) is 18.2 Å². The molecule has 0 saturated heterocycles. The van der Waals surface area contributed by atoms with Gasteiger partial charge in [-0.3, -0.25) is 4.79 Å². The zero-order valence-corrected chi connectivity index (χ0v) is 8.99. The molecule has 0 saturated carbocycles. The van der Waals surface area contributed by atoms with Crippen molar-refractivity contribution < 1.29 is 9.90 Å². The number of nitrogens with two attached hydrogens (primary N) is 1. The topological polar surface area (TPSA) is 63.3 Å². The zero-order valence-electron chi connectivity index (χ0n) is 7.40. The van der Waals surface area contributed by atoms with E-state index < -0.39 is 5.97 Å². The minimum absolute atomic E-state index is 0.00591. The molecule has 0 spiro atoms. The van der Waals surface area contributed by atoms with Gasteiger partial charge in [0.2, 0.25) is 0 Å². The molecular formula is C10H10BrNO2. The summed E-state index contributed by atoms with van der Waals surface area (Å²) in [4.78, 5) is 10.2. The van der Waals surface area contributed by atoms with E-state index in [-0.39, 0.29) is 6.42 Å². The van der Waals surface area contributed by atoms with E-state index in [2.05, 4.69) is 15.9 Å². The largest absolute Gasteiger partial charge is 0.481 e. The number of carbonyl (C=O) groups is 1. The molecule has 0 heterocycles. The molecule has 3 N–H and O–H groups in total. The number of benzene rings is 1. The quantitative estimate of drug-likeness (QED) is 0.816. The molecule has 4 heteroatoms. The van der Waals surface area contributed by atoms with Gasteiger partial charge in [0, 0.05) is 10.2 Å². The lowest BCUT2D eigenvalue weighted by Gasteiger charge is -2.00. The first kappa shape index (κ1) is 10.8. The van der Waals surface area contributed by atoms with Gasteiger partial charge in [-0.2, -0.15) is 0 Å². The van der Waals surface area contributed by atoms with Gasteiger partial charge in [0.15, 0.2) is 0 Å². The van der Waals surface area contributed by atoms with Crippen LogP contribution in [0.4, 0.5) is 5.69 Å². The molecule has 1 aromatic carbocycles. The monoisotopic (exact) mass is 255 g/mol. The second kappa shape index (κ2) is 4.81. The Hall–Kier alpha value is -1.29. The summed E-state index contributed by atoms with van der Waals surface area (Å²) in [6.45, 7) is 0. The van der Waals surface area contributed by atoms with Crippen molar-refractivity contribution in [2.45, 2.75) is 6.42 Å². The smallest absolute Gasteiger partial charge is 0.307 e. The van der Waals surface area contributed by atoms with Crippen LogP contribution in [-0.2, 0) is 4.79 Å². The van der Waals surface area contributed by atoms with Crippen LogP contribution >= 0.6 is 15.9 Å². The van der Waals surface area contributed by atoms with E-state index in [4.69, 9.17) is 10.8 Å². The first-order chi connectivity index (χ1) is 6.59. The van der Waals surface area contributed by atoms with Crippen molar-refractivity contribution in [3.05, 3.63) is 34.3 Å². The molecule has 1 rings (SSSR count). The fraction of sp³-hybridized carbons (Fsp3) is 0.100. The minimum atomic E-state index is -0.852. The third-order valence-corrected chi connectivity index (χ3v) is 2.13. The van der Waals surface area contributed by atoms with Gasteiger partial charge in [-0.1, -0.05) is 28.1 Å². The normalized spacial score (nSPS) is 10.6. The second-order valence-electron chi connectivity index (χ2n) is 2.77. The number of carboxylic acid groups (broad SMARTS) is 1. The molecule has 0 fully saturated rings. The molecule has 14 heavy (non-hydrogen) atoms. The third kappa shape index (κ3) is 3.22. The Morgan fingerprint density at radius 2 is 2.29 bits per heavy atom. The van der Waals surface area contributed by atoms with Crippen LogP contribution in [0.15, 0.2) is 28.7 Å². The molecule has 0 unspecified atom stereocenters. The van der Waals surface area contributed by atoms with Crippen LogP contribution in [0, 0.1) is 0 Å². The number of halogens is 1. The van der Waals surface area contributed by atoms with Crippen molar-refractivity contribution >= 4 is 33.7 Å². The van der Waals surface area contributed by atoms with Gasteiger partial charge in [-0.15, -0.1) is 0 Å². The first-order valence-corrected chi connectivity index (χ1v) is 4.82. The molecule has 0 aromatic heterocycles. The maximum atomic E-state index is 10.2. The van der Waals surface area contributed by atoms with E-state index in [0.717, 1.165) is 10.0 Å². The minimum Gasteiger partial charge on any atom is -0.481 e. The van der Waals surface area contributed by atoms with Crippen LogP contribution in [0.1, 0.15) is 12.0 Å². The fourth-order valence-corrected chi connectivity index (χ4v) is 1.36. The van der Waals surface area contributed by atoms with Gasteiger partial charge >= 0.3 is 5.97 Å². The lowest BCUT2D eigenvalue weighted by molar-refractivity contribution is -0.135. The van der Waals surface area contributed by atoms with E-state index in [1.807, 2.05) is 12.1 Å². The molecule has 0 radical (unpaired) electrons. The van der Waals surface area contributed by atoms with Crippen molar-refractivity contribution in [3.8, 4) is 0 Å². The second-order valence-corrected chi connectivity index (χ2v) is 3.69. The fourth-order valence-electron chi connectivity index (χ4n) is 0.977. The predicted molar refractivity (Wildman–Crippen MR) is 59.8 cm³/mol. The molecule has 1 aromatic rings. The van der Waals surface area contributed by atoms with E-state index in [1.165, 1.54) is 0 Å². The highest BCUT2D eigenvalue weighted by Crippen LogP contribution is 2.19. The molecule has 0 bridgehead atoms. The number of hydrogen-bond acceptors (Lipinski definition) is 2. The number of nitrogen functional groups attached to an aromatic ring is 1. The van der Waals surface area contributed by atoms with E-state index >= 15 is 0 Å². The number of anilines is 1. The van der Waals surface area contributed by atoms with Crippen molar-refractivity contribution in [3.63, 3.8) is 0 Å². The number of carboxylic acids is 1. The van der Waals surface area contributed by atoms with Gasteiger partial charge in [0.1, 0.15) is 0 Å². The number of rotatable bonds is 3. The summed E-state index contributed by atoms with van der Waals surface area (Å²) in [6, 6.07) is 5.45. The van der Waals surface area contributed by atoms with Crippen LogP contribution in [0.2, 0.25) is 0 Å². The maximum Gasteiger partial charge on any atom is 0.307 e. The molecule has 0 aliphatic carbocycles. The Labute approximate surface area is 90.4 Å². The Kier molecular flexibility index (Phi) is 3.71. The average molecular weight is 256 g/mol. The highest BCUT2D eigenvalue weighted by atomic mass is 79.9. The van der Waals surface area contributed by atoms with Gasteiger partial charge in [0.25, 0.3) is 0 Å². The van der Waals surface area contributed by atoms with Crippen molar-refractivity contribution in [2.24, 2.45) is 0 Å². The SMILES string of the molecule is Nc1ccc(Br)cc1C=CCC(=O)O. The van der Waals surface area contributed by atoms with Gasteiger partial charge in [0.05, 0.1) is 6.42 Å². The Bertz CT molecular complexity index is 374. The van der Waals surface area contributed by atoms with Crippen LogP contribution in [0.5, 0.6) is 0 Å². The number of aliphatic carboxylic acids is 1. The lowest BCUT2D eigenvalue weighted by Crippen LogP contribution is -1.91. The van der Waals surface area contributed by atoms with E-state index in [0.29, 0.717) is 5.69 Å². The molecule has 0 aliphatic heterocycles. The Balaban J connectivity index is 2.80.